The van der Waals surface area contributed by atoms with Crippen LogP contribution in [0.15, 0.2) is 328 Å². The van der Waals surface area contributed by atoms with Gasteiger partial charge in [-0.1, -0.05) is 206 Å². The Morgan fingerprint density at radius 3 is 0.854 bits per heavy atom. The first kappa shape index (κ1) is 48.2. The van der Waals surface area contributed by atoms with E-state index in [0.717, 1.165) is 89.8 Å². The Labute approximate surface area is 477 Å². The average molecular weight is 1050 g/mol. The first-order valence-electron chi connectivity index (χ1n) is 28.1. The molecule has 0 amide bonds. The number of fused-ring (bicyclic) bond motifs is 4. The molecule has 2 heterocycles. The van der Waals surface area contributed by atoms with Crippen molar-refractivity contribution in [3.63, 3.8) is 0 Å². The predicted molar refractivity (Wildman–Crippen MR) is 346 cm³/mol. The van der Waals surface area contributed by atoms with Crippen LogP contribution < -0.4 is 9.80 Å². The summed E-state index contributed by atoms with van der Waals surface area (Å²) < 4.78 is 4.90. The molecular formula is C78H54N4. The van der Waals surface area contributed by atoms with Crippen molar-refractivity contribution in [1.82, 2.24) is 9.13 Å². The number of para-hydroxylation sites is 4. The third-order valence-corrected chi connectivity index (χ3v) is 16.1. The third kappa shape index (κ3) is 8.76. The number of nitrogens with zero attached hydrogens (tertiary/aromatic N) is 4. The summed E-state index contributed by atoms with van der Waals surface area (Å²) in [6.45, 7) is 0. The zero-order valence-corrected chi connectivity index (χ0v) is 45.0. The van der Waals surface area contributed by atoms with Gasteiger partial charge in [0, 0.05) is 56.3 Å². The van der Waals surface area contributed by atoms with Gasteiger partial charge < -0.3 is 18.9 Å². The number of anilines is 6. The monoisotopic (exact) mass is 1050 g/mol. The molecule has 4 nitrogen and oxygen atoms in total. The highest BCUT2D eigenvalue weighted by molar-refractivity contribution is 6.03. The highest BCUT2D eigenvalue weighted by Crippen LogP contribution is 2.43. The zero-order chi connectivity index (χ0) is 54.3. The van der Waals surface area contributed by atoms with Crippen molar-refractivity contribution in [2.75, 3.05) is 9.80 Å². The summed E-state index contributed by atoms with van der Waals surface area (Å²) in [4.78, 5) is 4.64. The van der Waals surface area contributed by atoms with Crippen LogP contribution in [0, 0.1) is 0 Å². The normalized spacial score (nSPS) is 11.4. The molecule has 0 aliphatic carbocycles. The van der Waals surface area contributed by atoms with Gasteiger partial charge in [-0.15, -0.1) is 0 Å². The van der Waals surface area contributed by atoms with Crippen LogP contribution in [0.5, 0.6) is 0 Å². The van der Waals surface area contributed by atoms with Crippen molar-refractivity contribution in [3.8, 4) is 56.1 Å². The van der Waals surface area contributed by atoms with E-state index in [0.29, 0.717) is 0 Å². The van der Waals surface area contributed by atoms with Gasteiger partial charge in [0.2, 0.25) is 0 Å². The maximum atomic E-state index is 2.45. The lowest BCUT2D eigenvalue weighted by molar-refractivity contribution is 1.13. The molecule has 0 unspecified atom stereocenters. The largest absolute Gasteiger partial charge is 0.311 e. The predicted octanol–water partition coefficient (Wildman–Crippen LogP) is 21.5. The second-order valence-corrected chi connectivity index (χ2v) is 21.0. The molecule has 2 aromatic heterocycles. The molecule has 0 saturated carbocycles. The molecule has 0 saturated heterocycles. The van der Waals surface area contributed by atoms with Gasteiger partial charge in [0.05, 0.1) is 22.4 Å². The second kappa shape index (κ2) is 20.7. The van der Waals surface area contributed by atoms with Crippen molar-refractivity contribution in [2.45, 2.75) is 0 Å². The fraction of sp³-hybridized carbons (Fsp3) is 0. The molecule has 82 heavy (non-hydrogen) atoms. The van der Waals surface area contributed by atoms with Gasteiger partial charge in [-0.05, 0) is 176 Å². The topological polar surface area (TPSA) is 16.3 Å². The highest BCUT2D eigenvalue weighted by atomic mass is 15.1. The minimum absolute atomic E-state index is 1.08. The van der Waals surface area contributed by atoms with Crippen molar-refractivity contribution in [3.05, 3.63) is 328 Å². The smallest absolute Gasteiger partial charge is 0.0542 e. The van der Waals surface area contributed by atoms with Crippen LogP contribution in [0.2, 0.25) is 0 Å². The van der Waals surface area contributed by atoms with Gasteiger partial charge in [0.1, 0.15) is 0 Å². The Morgan fingerprint density at radius 1 is 0.207 bits per heavy atom. The van der Waals surface area contributed by atoms with Crippen molar-refractivity contribution in [2.24, 2.45) is 0 Å². The number of hydrogen-bond acceptors (Lipinski definition) is 2. The van der Waals surface area contributed by atoms with E-state index >= 15 is 0 Å². The Morgan fingerprint density at radius 2 is 0.500 bits per heavy atom. The van der Waals surface area contributed by atoms with Crippen molar-refractivity contribution < 1.29 is 0 Å². The molecule has 4 heteroatoms. The summed E-state index contributed by atoms with van der Waals surface area (Å²) in [7, 11) is 0. The van der Waals surface area contributed by atoms with Gasteiger partial charge in [0.25, 0.3) is 0 Å². The number of aromatic nitrogens is 2. The van der Waals surface area contributed by atoms with Crippen LogP contribution in [0.1, 0.15) is 0 Å². The Hall–Kier alpha value is -10.9. The molecule has 386 valence electrons. The molecule has 0 atom stereocenters. The summed E-state index contributed by atoms with van der Waals surface area (Å²) in [6.07, 6.45) is 0. The van der Waals surface area contributed by atoms with E-state index in [1.165, 1.54) is 43.8 Å². The lowest BCUT2D eigenvalue weighted by atomic mass is 9.97. The van der Waals surface area contributed by atoms with Crippen LogP contribution in [0.4, 0.5) is 34.1 Å². The summed E-state index contributed by atoms with van der Waals surface area (Å²) in [5, 5.41) is 7.26. The van der Waals surface area contributed by atoms with Gasteiger partial charge in [0.15, 0.2) is 0 Å². The van der Waals surface area contributed by atoms with E-state index in [-0.39, 0.29) is 0 Å². The molecule has 15 aromatic rings. The van der Waals surface area contributed by atoms with Gasteiger partial charge >= 0.3 is 0 Å². The highest BCUT2D eigenvalue weighted by Gasteiger charge is 2.21. The van der Waals surface area contributed by atoms with Gasteiger partial charge in [-0.2, -0.15) is 0 Å². The van der Waals surface area contributed by atoms with E-state index in [1.807, 2.05) is 0 Å². The molecule has 13 aromatic carbocycles. The summed E-state index contributed by atoms with van der Waals surface area (Å²) >= 11 is 0. The van der Waals surface area contributed by atoms with Crippen LogP contribution in [-0.4, -0.2) is 9.13 Å². The molecule has 0 N–H and O–H groups in total. The minimum atomic E-state index is 1.08. The fourth-order valence-electron chi connectivity index (χ4n) is 12.2. The summed E-state index contributed by atoms with van der Waals surface area (Å²) in [5.74, 6) is 0. The van der Waals surface area contributed by atoms with E-state index in [1.54, 1.807) is 0 Å². The number of rotatable bonds is 12. The maximum absolute atomic E-state index is 2.45. The molecule has 0 aliphatic rings. The second-order valence-electron chi connectivity index (χ2n) is 21.0. The van der Waals surface area contributed by atoms with Crippen molar-refractivity contribution >= 4 is 77.5 Å². The molecule has 15 rings (SSSR count). The minimum Gasteiger partial charge on any atom is -0.311 e. The Kier molecular flexibility index (Phi) is 12.2. The first-order chi connectivity index (χ1) is 40.7. The van der Waals surface area contributed by atoms with Gasteiger partial charge in [-0.25, -0.2) is 0 Å². The van der Waals surface area contributed by atoms with E-state index < -0.39 is 0 Å². The first-order valence-corrected chi connectivity index (χ1v) is 28.1. The van der Waals surface area contributed by atoms with Crippen LogP contribution in [0.3, 0.4) is 0 Å². The van der Waals surface area contributed by atoms with E-state index in [9.17, 15) is 0 Å². The van der Waals surface area contributed by atoms with Gasteiger partial charge in [-0.3, -0.25) is 0 Å². The quantitative estimate of drug-likeness (QED) is 0.121. The van der Waals surface area contributed by atoms with E-state index in [2.05, 4.69) is 347 Å². The van der Waals surface area contributed by atoms with Crippen LogP contribution in [-0.2, 0) is 0 Å². The lowest BCUT2D eigenvalue weighted by Crippen LogP contribution is -2.09. The van der Waals surface area contributed by atoms with Crippen molar-refractivity contribution in [1.29, 1.82) is 0 Å². The SMILES string of the molecule is c1ccc(N(c2ccccc2)c2ccc(-n3c(-c4ccc(-c5cccc6ccccc56)cc4)cc4cc5c(cc(-c6ccc(-c7cccc8ccccc78)cc6)n5-c5ccc(N(c6ccccc6)c6ccccc6)cc5)cc43)cc2)cc1. The Balaban J connectivity index is 0.908. The molecule has 0 radical (unpaired) electrons. The number of hydrogen-bond donors (Lipinski definition) is 0. The Bertz CT molecular complexity index is 4340. The lowest BCUT2D eigenvalue weighted by Gasteiger charge is -2.25. The molecule has 0 bridgehead atoms. The summed E-state index contributed by atoms with van der Waals surface area (Å²) in [5.41, 5.74) is 20.3. The molecule has 0 fully saturated rings. The van der Waals surface area contributed by atoms with Crippen LogP contribution in [0.25, 0.3) is 99.5 Å². The summed E-state index contributed by atoms with van der Waals surface area (Å²) in [6, 6.07) is 119. The maximum Gasteiger partial charge on any atom is 0.0542 e. The van der Waals surface area contributed by atoms with E-state index in [4.69, 9.17) is 0 Å². The zero-order valence-electron chi connectivity index (χ0n) is 45.0. The average Bonchev–Trinajstić information content (AvgIpc) is 4.28. The third-order valence-electron chi connectivity index (χ3n) is 16.1. The molecule has 0 spiro atoms. The molecular weight excluding hydrogens is 993 g/mol. The van der Waals surface area contributed by atoms with Crippen LogP contribution >= 0.6 is 0 Å². The molecule has 0 aliphatic heterocycles. The standard InChI is InChI=1S/C78H54N4/c1-5-23-63(24-6-1)79(64-25-7-2-8-26-64)67-43-47-69(48-44-67)81-75(59-39-35-57(36-40-59)73-33-17-21-55-19-13-15-31-71(55)73)51-61-54-78-62(53-77(61)81)52-76(60-41-37-58(38-42-60)74-34-18-22-56-20-14-16-32-72(56)74)82(78)70-49-45-68(46-50-70)80(65-27-9-3-10-28-65)66-29-11-4-12-30-66/h1-54H. The fourth-order valence-corrected chi connectivity index (χ4v) is 12.2. The number of benzene rings is 13.